The molecule has 4 nitrogen and oxygen atoms in total. The van der Waals surface area contributed by atoms with E-state index in [9.17, 15) is 0 Å². The lowest BCUT2D eigenvalue weighted by molar-refractivity contribution is 0.318. The molecule has 0 saturated heterocycles. The lowest BCUT2D eigenvalue weighted by Crippen LogP contribution is -2.27. The number of anilines is 1. The highest BCUT2D eigenvalue weighted by Gasteiger charge is 2.11. The zero-order valence-electron chi connectivity index (χ0n) is 11.0. The van der Waals surface area contributed by atoms with Crippen molar-refractivity contribution in [3.05, 3.63) is 28.2 Å². The molecule has 0 bridgehead atoms. The van der Waals surface area contributed by atoms with Crippen LogP contribution < -0.4 is 10.6 Å². The van der Waals surface area contributed by atoms with Crippen molar-refractivity contribution in [3.63, 3.8) is 0 Å². The van der Waals surface area contributed by atoms with Gasteiger partial charge in [-0.25, -0.2) is 0 Å². The van der Waals surface area contributed by atoms with Crippen LogP contribution in [-0.4, -0.2) is 24.1 Å². The van der Waals surface area contributed by atoms with Crippen LogP contribution in [0.2, 0.25) is 0 Å². The first kappa shape index (κ1) is 14.8. The normalized spacial score (nSPS) is 11.9. The van der Waals surface area contributed by atoms with Crippen LogP contribution in [0.4, 0.5) is 5.69 Å². The van der Waals surface area contributed by atoms with Crippen LogP contribution in [0, 0.1) is 5.92 Å². The monoisotopic (exact) mass is 313 g/mol. The number of benzene rings is 1. The molecule has 1 aromatic carbocycles. The molecular weight excluding hydrogens is 294 g/mol. The Hall–Kier alpha value is -1.23. The molecule has 3 N–H and O–H groups in total. The van der Waals surface area contributed by atoms with Crippen LogP contribution in [-0.2, 0) is 0 Å². The van der Waals surface area contributed by atoms with Crippen LogP contribution in [0.3, 0.4) is 0 Å². The molecule has 0 radical (unpaired) electrons. The van der Waals surface area contributed by atoms with Crippen molar-refractivity contribution in [3.8, 4) is 0 Å². The summed E-state index contributed by atoms with van der Waals surface area (Å²) in [5, 5.41) is 11.7. The summed E-state index contributed by atoms with van der Waals surface area (Å²) in [6.45, 7) is 8.46. The maximum atomic E-state index is 8.66. The Labute approximate surface area is 117 Å². The van der Waals surface area contributed by atoms with Gasteiger partial charge in [-0.3, -0.25) is 0 Å². The number of nitrogens with two attached hydrogens (primary N) is 1. The minimum atomic E-state index is 0.120. The third kappa shape index (κ3) is 3.63. The Morgan fingerprint density at radius 1 is 1.50 bits per heavy atom. The molecule has 100 valence electrons. The van der Waals surface area contributed by atoms with Crippen molar-refractivity contribution >= 4 is 27.5 Å². The van der Waals surface area contributed by atoms with E-state index in [1.54, 1.807) is 0 Å². The fourth-order valence-electron chi connectivity index (χ4n) is 1.82. The molecule has 18 heavy (non-hydrogen) atoms. The predicted octanol–water partition coefficient (Wildman–Crippen LogP) is 3.03. The molecule has 0 aromatic heterocycles. The van der Waals surface area contributed by atoms with Crippen LogP contribution in [0.15, 0.2) is 27.8 Å². The van der Waals surface area contributed by atoms with Gasteiger partial charge in [0, 0.05) is 23.1 Å². The van der Waals surface area contributed by atoms with Gasteiger partial charge in [-0.15, -0.1) is 0 Å². The van der Waals surface area contributed by atoms with Gasteiger partial charge >= 0.3 is 0 Å². The van der Waals surface area contributed by atoms with Gasteiger partial charge in [0.25, 0.3) is 0 Å². The van der Waals surface area contributed by atoms with Gasteiger partial charge in [0.15, 0.2) is 5.84 Å². The van der Waals surface area contributed by atoms with Crippen molar-refractivity contribution in [2.45, 2.75) is 20.8 Å². The summed E-state index contributed by atoms with van der Waals surface area (Å²) in [4.78, 5) is 2.30. The minimum Gasteiger partial charge on any atom is -0.409 e. The van der Waals surface area contributed by atoms with E-state index in [1.807, 2.05) is 18.2 Å². The molecule has 0 amide bonds. The second kappa shape index (κ2) is 6.64. The number of hydrogen-bond donors (Lipinski definition) is 2. The second-order valence-corrected chi connectivity index (χ2v) is 5.44. The average Bonchev–Trinajstić information content (AvgIpc) is 2.35. The average molecular weight is 314 g/mol. The summed E-state index contributed by atoms with van der Waals surface area (Å²) in [5.41, 5.74) is 7.40. The fraction of sp³-hybridized carbons (Fsp3) is 0.462. The molecule has 0 fully saturated rings. The van der Waals surface area contributed by atoms with E-state index in [0.29, 0.717) is 11.5 Å². The second-order valence-electron chi connectivity index (χ2n) is 4.58. The van der Waals surface area contributed by atoms with E-state index in [1.165, 1.54) is 0 Å². The molecule has 0 saturated carbocycles. The molecule has 5 heteroatoms. The molecule has 1 aromatic rings. The predicted molar refractivity (Wildman–Crippen MR) is 79.4 cm³/mol. The summed E-state index contributed by atoms with van der Waals surface area (Å²) in [5.74, 6) is 0.717. The molecule has 0 unspecified atom stereocenters. The molecule has 0 aliphatic carbocycles. The van der Waals surface area contributed by atoms with E-state index in [4.69, 9.17) is 10.9 Å². The van der Waals surface area contributed by atoms with Crippen LogP contribution in [0.5, 0.6) is 0 Å². The number of rotatable bonds is 5. The third-order valence-corrected chi connectivity index (χ3v) is 3.29. The zero-order valence-corrected chi connectivity index (χ0v) is 12.6. The zero-order chi connectivity index (χ0) is 13.7. The summed E-state index contributed by atoms with van der Waals surface area (Å²) in [6, 6.07) is 5.72. The first-order chi connectivity index (χ1) is 8.49. The van der Waals surface area contributed by atoms with E-state index in [2.05, 4.69) is 46.8 Å². The van der Waals surface area contributed by atoms with Crippen molar-refractivity contribution in [2.24, 2.45) is 16.8 Å². The Bertz CT molecular complexity index is 432. The number of hydrogen-bond acceptors (Lipinski definition) is 3. The Balaban J connectivity index is 3.03. The summed E-state index contributed by atoms with van der Waals surface area (Å²) in [7, 11) is 0. The van der Waals surface area contributed by atoms with Gasteiger partial charge in [0.05, 0.1) is 5.69 Å². The lowest BCUT2D eigenvalue weighted by Gasteiger charge is -2.26. The fourth-order valence-corrected chi connectivity index (χ4v) is 2.45. The topological polar surface area (TPSA) is 61.8 Å². The van der Waals surface area contributed by atoms with E-state index in [0.717, 1.165) is 23.2 Å². The Morgan fingerprint density at radius 2 is 2.17 bits per heavy atom. The Kier molecular flexibility index (Phi) is 5.47. The van der Waals surface area contributed by atoms with Gasteiger partial charge < -0.3 is 15.8 Å². The van der Waals surface area contributed by atoms with Crippen molar-refractivity contribution < 1.29 is 5.21 Å². The van der Waals surface area contributed by atoms with Gasteiger partial charge in [-0.2, -0.15) is 0 Å². The van der Waals surface area contributed by atoms with Crippen molar-refractivity contribution in [2.75, 3.05) is 18.0 Å². The van der Waals surface area contributed by atoms with Gasteiger partial charge in [0.2, 0.25) is 0 Å². The summed E-state index contributed by atoms with van der Waals surface area (Å²) < 4.78 is 0.953. The smallest absolute Gasteiger partial charge is 0.170 e. The number of halogens is 1. The largest absolute Gasteiger partial charge is 0.409 e. The van der Waals surface area contributed by atoms with E-state index in [-0.39, 0.29) is 5.84 Å². The highest BCUT2D eigenvalue weighted by molar-refractivity contribution is 9.10. The highest BCUT2D eigenvalue weighted by atomic mass is 79.9. The standard InChI is InChI=1S/C13H20BrN3O/c1-4-17(8-9(2)3)12-6-5-10(7-11(12)14)13(15)16-18/h5-7,9,18H,4,8H2,1-3H3,(H2,15,16). The van der Waals surface area contributed by atoms with Crippen LogP contribution in [0.1, 0.15) is 26.3 Å². The van der Waals surface area contributed by atoms with Crippen LogP contribution >= 0.6 is 15.9 Å². The minimum absolute atomic E-state index is 0.120. The molecule has 0 spiro atoms. The van der Waals surface area contributed by atoms with Crippen molar-refractivity contribution in [1.29, 1.82) is 0 Å². The first-order valence-electron chi connectivity index (χ1n) is 6.02. The quantitative estimate of drug-likeness (QED) is 0.380. The molecule has 0 heterocycles. The lowest BCUT2D eigenvalue weighted by atomic mass is 10.1. The SMILES string of the molecule is CCN(CC(C)C)c1ccc(/C(N)=N/O)cc1Br. The maximum Gasteiger partial charge on any atom is 0.170 e. The maximum absolute atomic E-state index is 8.66. The van der Waals surface area contributed by atoms with E-state index < -0.39 is 0 Å². The van der Waals surface area contributed by atoms with Gasteiger partial charge in [0.1, 0.15) is 0 Å². The third-order valence-electron chi connectivity index (χ3n) is 2.66. The number of oxime groups is 1. The molecule has 1 rings (SSSR count). The molecule has 0 atom stereocenters. The highest BCUT2D eigenvalue weighted by Crippen LogP contribution is 2.28. The first-order valence-corrected chi connectivity index (χ1v) is 6.81. The van der Waals surface area contributed by atoms with Gasteiger partial charge in [-0.1, -0.05) is 19.0 Å². The number of amidine groups is 1. The van der Waals surface area contributed by atoms with Crippen molar-refractivity contribution in [1.82, 2.24) is 0 Å². The summed E-state index contributed by atoms with van der Waals surface area (Å²) >= 11 is 3.54. The van der Waals surface area contributed by atoms with Crippen LogP contribution in [0.25, 0.3) is 0 Å². The number of nitrogens with zero attached hydrogens (tertiary/aromatic N) is 2. The van der Waals surface area contributed by atoms with E-state index >= 15 is 0 Å². The summed E-state index contributed by atoms with van der Waals surface area (Å²) in [6.07, 6.45) is 0. The molecule has 0 aliphatic heterocycles. The van der Waals surface area contributed by atoms with Gasteiger partial charge in [-0.05, 0) is 47.0 Å². The Morgan fingerprint density at radius 3 is 2.61 bits per heavy atom. The molecular formula is C13H20BrN3O. The molecule has 0 aliphatic rings.